The standard InChI is InChI=1S/C28H34N4O5S/c1-36-24-9-10-26(37-2)27(19-24)38(34,35)32-17-6-16-31(21-22-11-13-29-14-12-22)25(20-28(33)30-15-18-32)23-7-4-3-5-8-23/h3-5,7-14,19,25H,6,15-18,20-21H2,1-2H3,(H,30,33). The number of nitrogens with one attached hydrogen (secondary N) is 1. The van der Waals surface area contributed by atoms with Gasteiger partial charge in [-0.1, -0.05) is 30.3 Å². The van der Waals surface area contributed by atoms with E-state index in [4.69, 9.17) is 9.47 Å². The van der Waals surface area contributed by atoms with Crippen molar-refractivity contribution in [3.05, 3.63) is 84.2 Å². The van der Waals surface area contributed by atoms with Crippen LogP contribution in [0.2, 0.25) is 0 Å². The maximum Gasteiger partial charge on any atom is 0.246 e. The molecule has 202 valence electrons. The molecule has 1 aliphatic heterocycles. The molecule has 0 bridgehead atoms. The van der Waals surface area contributed by atoms with Crippen molar-refractivity contribution in [3.63, 3.8) is 0 Å². The van der Waals surface area contributed by atoms with Crippen LogP contribution in [0.4, 0.5) is 0 Å². The number of hydrogen-bond donors (Lipinski definition) is 1. The maximum absolute atomic E-state index is 13.8. The van der Waals surface area contributed by atoms with E-state index in [0.29, 0.717) is 25.3 Å². The molecule has 1 atom stereocenters. The maximum atomic E-state index is 13.8. The first-order valence-corrected chi connectivity index (χ1v) is 14.0. The van der Waals surface area contributed by atoms with Crippen LogP contribution in [-0.4, -0.2) is 68.9 Å². The fourth-order valence-electron chi connectivity index (χ4n) is 4.70. The number of aromatic nitrogens is 1. The van der Waals surface area contributed by atoms with Crippen molar-refractivity contribution < 1.29 is 22.7 Å². The Balaban J connectivity index is 1.64. The number of methoxy groups -OCH3 is 2. The zero-order chi connectivity index (χ0) is 27.0. The highest BCUT2D eigenvalue weighted by atomic mass is 32.2. The second-order valence-corrected chi connectivity index (χ2v) is 11.0. The number of benzene rings is 2. The number of sulfonamides is 1. The molecule has 1 saturated heterocycles. The van der Waals surface area contributed by atoms with Crippen molar-refractivity contribution in [1.82, 2.24) is 19.5 Å². The van der Waals surface area contributed by atoms with Crippen LogP contribution in [0.15, 0.2) is 78.0 Å². The monoisotopic (exact) mass is 538 g/mol. The fraction of sp³-hybridized carbons (Fsp3) is 0.357. The van der Waals surface area contributed by atoms with Gasteiger partial charge in [-0.2, -0.15) is 4.31 Å². The number of hydrogen-bond acceptors (Lipinski definition) is 7. The Kier molecular flexibility index (Phi) is 9.33. The minimum atomic E-state index is -3.93. The van der Waals surface area contributed by atoms with Gasteiger partial charge >= 0.3 is 0 Å². The summed E-state index contributed by atoms with van der Waals surface area (Å²) in [4.78, 5) is 19.5. The highest BCUT2D eigenvalue weighted by Gasteiger charge is 2.30. The summed E-state index contributed by atoms with van der Waals surface area (Å²) in [6.45, 7) is 1.83. The second kappa shape index (κ2) is 12.9. The van der Waals surface area contributed by atoms with E-state index in [9.17, 15) is 13.2 Å². The van der Waals surface area contributed by atoms with Gasteiger partial charge in [-0.25, -0.2) is 8.42 Å². The molecule has 38 heavy (non-hydrogen) atoms. The molecule has 3 aromatic rings. The lowest BCUT2D eigenvalue weighted by atomic mass is 10.0. The molecule has 1 aliphatic rings. The molecule has 2 aromatic carbocycles. The summed E-state index contributed by atoms with van der Waals surface area (Å²) in [5, 5.41) is 2.93. The van der Waals surface area contributed by atoms with E-state index < -0.39 is 10.0 Å². The molecule has 1 fully saturated rings. The summed E-state index contributed by atoms with van der Waals surface area (Å²) >= 11 is 0. The molecule has 0 spiro atoms. The number of ether oxygens (including phenoxy) is 2. The summed E-state index contributed by atoms with van der Waals surface area (Å²) in [5.74, 6) is 0.536. The number of carbonyl (C=O) groups is 1. The SMILES string of the molecule is COc1ccc(OC)c(S(=O)(=O)N2CCCN(Cc3ccncc3)C(c3ccccc3)CC(=O)NCC2)c1. The Morgan fingerprint density at radius 2 is 1.74 bits per heavy atom. The Morgan fingerprint density at radius 1 is 0.974 bits per heavy atom. The Labute approximate surface area is 224 Å². The van der Waals surface area contributed by atoms with Gasteiger partial charge in [-0.05, 0) is 41.8 Å². The molecule has 1 amide bonds. The van der Waals surface area contributed by atoms with Gasteiger partial charge in [0.25, 0.3) is 0 Å². The Bertz CT molecular complexity index is 1310. The molecule has 1 aromatic heterocycles. The van der Waals surface area contributed by atoms with Gasteiger partial charge < -0.3 is 14.8 Å². The van der Waals surface area contributed by atoms with Crippen molar-refractivity contribution in [1.29, 1.82) is 0 Å². The minimum absolute atomic E-state index is 0.0383. The van der Waals surface area contributed by atoms with Crippen LogP contribution in [0.5, 0.6) is 11.5 Å². The van der Waals surface area contributed by atoms with Crippen molar-refractivity contribution in [3.8, 4) is 11.5 Å². The smallest absolute Gasteiger partial charge is 0.246 e. The Hall–Kier alpha value is -3.47. The van der Waals surface area contributed by atoms with E-state index >= 15 is 0 Å². The number of rotatable bonds is 7. The van der Waals surface area contributed by atoms with Crippen LogP contribution < -0.4 is 14.8 Å². The first-order chi connectivity index (χ1) is 18.4. The zero-order valence-electron chi connectivity index (χ0n) is 21.7. The molecule has 2 heterocycles. The lowest BCUT2D eigenvalue weighted by Crippen LogP contribution is -2.39. The summed E-state index contributed by atoms with van der Waals surface area (Å²) < 4.78 is 39.6. The van der Waals surface area contributed by atoms with Crippen LogP contribution in [0, 0.1) is 0 Å². The molecule has 1 unspecified atom stereocenters. The van der Waals surface area contributed by atoms with Gasteiger partial charge in [0, 0.05) is 63.6 Å². The van der Waals surface area contributed by atoms with Crippen molar-refractivity contribution >= 4 is 15.9 Å². The summed E-state index contributed by atoms with van der Waals surface area (Å²) in [6, 6.07) is 18.4. The number of nitrogens with zero attached hydrogens (tertiary/aromatic N) is 3. The third-order valence-electron chi connectivity index (χ3n) is 6.66. The van der Waals surface area contributed by atoms with Crippen LogP contribution in [0.3, 0.4) is 0 Å². The predicted molar refractivity (Wildman–Crippen MR) is 144 cm³/mol. The molecule has 0 aliphatic carbocycles. The molecule has 0 radical (unpaired) electrons. The average Bonchev–Trinajstić information content (AvgIpc) is 2.98. The largest absolute Gasteiger partial charge is 0.497 e. The van der Waals surface area contributed by atoms with Crippen molar-refractivity contribution in [2.75, 3.05) is 40.4 Å². The minimum Gasteiger partial charge on any atom is -0.497 e. The lowest BCUT2D eigenvalue weighted by Gasteiger charge is -2.32. The molecule has 9 nitrogen and oxygen atoms in total. The molecular formula is C28H34N4O5S. The molecule has 0 saturated carbocycles. The third-order valence-corrected chi connectivity index (χ3v) is 8.58. The molecular weight excluding hydrogens is 504 g/mol. The van der Waals surface area contributed by atoms with Gasteiger partial charge in [0.1, 0.15) is 16.4 Å². The first-order valence-electron chi connectivity index (χ1n) is 12.6. The van der Waals surface area contributed by atoms with E-state index in [1.54, 1.807) is 24.5 Å². The van der Waals surface area contributed by atoms with E-state index in [1.807, 2.05) is 42.5 Å². The summed E-state index contributed by atoms with van der Waals surface area (Å²) in [5.41, 5.74) is 2.11. The van der Waals surface area contributed by atoms with E-state index in [2.05, 4.69) is 15.2 Å². The van der Waals surface area contributed by atoms with Gasteiger partial charge in [0.05, 0.1) is 14.2 Å². The van der Waals surface area contributed by atoms with Crippen LogP contribution in [0.25, 0.3) is 0 Å². The van der Waals surface area contributed by atoms with E-state index in [1.165, 1.54) is 24.6 Å². The van der Waals surface area contributed by atoms with Gasteiger partial charge in [-0.15, -0.1) is 0 Å². The normalized spacial score (nSPS) is 18.3. The second-order valence-electron chi connectivity index (χ2n) is 9.08. The quantitative estimate of drug-likeness (QED) is 0.493. The number of carbonyl (C=O) groups excluding carboxylic acids is 1. The summed E-state index contributed by atoms with van der Waals surface area (Å²) in [7, 11) is -0.999. The highest BCUT2D eigenvalue weighted by Crippen LogP contribution is 2.31. The van der Waals surface area contributed by atoms with E-state index in [0.717, 1.165) is 11.1 Å². The summed E-state index contributed by atoms with van der Waals surface area (Å²) in [6.07, 6.45) is 4.35. The van der Waals surface area contributed by atoms with E-state index in [-0.39, 0.29) is 48.6 Å². The third kappa shape index (κ3) is 6.69. The van der Waals surface area contributed by atoms with Crippen molar-refractivity contribution in [2.45, 2.75) is 30.3 Å². The van der Waals surface area contributed by atoms with Gasteiger partial charge in [0.2, 0.25) is 15.9 Å². The van der Waals surface area contributed by atoms with Crippen LogP contribution in [-0.2, 0) is 21.4 Å². The molecule has 1 N–H and O–H groups in total. The average molecular weight is 539 g/mol. The fourth-order valence-corrected chi connectivity index (χ4v) is 6.35. The van der Waals surface area contributed by atoms with Crippen LogP contribution in [0.1, 0.15) is 30.0 Å². The first kappa shape index (κ1) is 27.6. The topological polar surface area (TPSA) is 101 Å². The Morgan fingerprint density at radius 3 is 2.45 bits per heavy atom. The number of pyridine rings is 1. The number of amides is 1. The van der Waals surface area contributed by atoms with Crippen LogP contribution >= 0.6 is 0 Å². The molecule has 4 rings (SSSR count). The molecule has 10 heteroatoms. The lowest BCUT2D eigenvalue weighted by molar-refractivity contribution is -0.122. The van der Waals surface area contributed by atoms with Gasteiger partial charge in [-0.3, -0.25) is 14.7 Å². The predicted octanol–water partition coefficient (Wildman–Crippen LogP) is 3.24. The zero-order valence-corrected chi connectivity index (χ0v) is 22.6. The van der Waals surface area contributed by atoms with Gasteiger partial charge in [0.15, 0.2) is 0 Å². The highest BCUT2D eigenvalue weighted by molar-refractivity contribution is 7.89. The van der Waals surface area contributed by atoms with Crippen molar-refractivity contribution in [2.24, 2.45) is 0 Å².